The number of benzene rings is 1. The second-order valence-corrected chi connectivity index (χ2v) is 5.93. The van der Waals surface area contributed by atoms with Crippen molar-refractivity contribution in [3.63, 3.8) is 0 Å². The summed E-state index contributed by atoms with van der Waals surface area (Å²) in [7, 11) is 0. The van der Waals surface area contributed by atoms with Gasteiger partial charge in [0, 0.05) is 12.6 Å². The molecule has 0 spiro atoms. The number of furan rings is 1. The van der Waals surface area contributed by atoms with E-state index in [1.165, 1.54) is 6.07 Å². The van der Waals surface area contributed by atoms with Gasteiger partial charge in [-0.2, -0.15) is 0 Å². The third kappa shape index (κ3) is 3.70. The van der Waals surface area contributed by atoms with E-state index in [0.717, 1.165) is 18.8 Å². The summed E-state index contributed by atoms with van der Waals surface area (Å²) in [6.07, 6.45) is 1.62. The van der Waals surface area contributed by atoms with Crippen molar-refractivity contribution in [2.45, 2.75) is 19.9 Å². The number of nitrogens with zero attached hydrogens (tertiary/aromatic N) is 1. The molecule has 1 aromatic carbocycles. The lowest BCUT2D eigenvalue weighted by Gasteiger charge is -2.28. The molecule has 0 radical (unpaired) electrons. The zero-order chi connectivity index (χ0) is 18.5. The summed E-state index contributed by atoms with van der Waals surface area (Å²) < 4.78 is 11.1. The molecule has 2 aromatic heterocycles. The van der Waals surface area contributed by atoms with Crippen LogP contribution < -0.4 is 10.7 Å². The Hall–Kier alpha value is -2.86. The van der Waals surface area contributed by atoms with Crippen molar-refractivity contribution in [3.8, 4) is 0 Å². The highest BCUT2D eigenvalue weighted by Crippen LogP contribution is 2.20. The van der Waals surface area contributed by atoms with E-state index in [2.05, 4.69) is 24.1 Å². The summed E-state index contributed by atoms with van der Waals surface area (Å²) >= 11 is 0. The van der Waals surface area contributed by atoms with Gasteiger partial charge in [0.05, 0.1) is 17.7 Å². The van der Waals surface area contributed by atoms with E-state index in [4.69, 9.17) is 8.83 Å². The highest BCUT2D eigenvalue weighted by Gasteiger charge is 2.22. The van der Waals surface area contributed by atoms with Crippen molar-refractivity contribution < 1.29 is 13.6 Å². The van der Waals surface area contributed by atoms with Crippen LogP contribution >= 0.6 is 0 Å². The first-order valence-corrected chi connectivity index (χ1v) is 8.72. The second kappa shape index (κ2) is 8.01. The smallest absolute Gasteiger partial charge is 0.287 e. The first-order valence-electron chi connectivity index (χ1n) is 8.72. The van der Waals surface area contributed by atoms with Crippen LogP contribution in [0.15, 0.2) is 62.4 Å². The predicted molar refractivity (Wildman–Crippen MR) is 99.2 cm³/mol. The molecule has 0 aliphatic heterocycles. The van der Waals surface area contributed by atoms with E-state index in [9.17, 15) is 9.59 Å². The molecule has 1 atom stereocenters. The van der Waals surface area contributed by atoms with Crippen LogP contribution in [0.5, 0.6) is 0 Å². The molecular weight excluding hydrogens is 332 g/mol. The van der Waals surface area contributed by atoms with Gasteiger partial charge in [0.1, 0.15) is 11.3 Å². The number of carbonyl (C=O) groups excluding carboxylic acids is 1. The third-order valence-electron chi connectivity index (χ3n) is 4.44. The summed E-state index contributed by atoms with van der Waals surface area (Å²) in [6, 6.07) is 11.7. The Balaban J connectivity index is 1.79. The van der Waals surface area contributed by atoms with E-state index in [1.54, 1.807) is 30.5 Å². The molecule has 0 saturated heterocycles. The van der Waals surface area contributed by atoms with Gasteiger partial charge in [-0.05, 0) is 37.4 Å². The van der Waals surface area contributed by atoms with Gasteiger partial charge in [0.2, 0.25) is 0 Å². The molecule has 1 unspecified atom stereocenters. The number of hydrogen-bond acceptors (Lipinski definition) is 5. The van der Waals surface area contributed by atoms with E-state index in [1.807, 2.05) is 12.1 Å². The molecule has 6 nitrogen and oxygen atoms in total. The topological polar surface area (TPSA) is 75.7 Å². The Morgan fingerprint density at radius 2 is 1.92 bits per heavy atom. The van der Waals surface area contributed by atoms with E-state index in [0.29, 0.717) is 17.5 Å². The zero-order valence-electron chi connectivity index (χ0n) is 14.9. The first-order chi connectivity index (χ1) is 12.6. The van der Waals surface area contributed by atoms with Crippen molar-refractivity contribution in [3.05, 3.63) is 70.5 Å². The van der Waals surface area contributed by atoms with Crippen LogP contribution in [-0.4, -0.2) is 30.4 Å². The maximum Gasteiger partial charge on any atom is 0.287 e. The molecule has 0 aliphatic carbocycles. The number of likely N-dealkylation sites (N-methyl/N-ethyl adjacent to an activating group) is 1. The first kappa shape index (κ1) is 17.9. The highest BCUT2D eigenvalue weighted by molar-refractivity contribution is 5.93. The molecule has 26 heavy (non-hydrogen) atoms. The summed E-state index contributed by atoms with van der Waals surface area (Å²) in [5, 5.41) is 3.31. The summed E-state index contributed by atoms with van der Waals surface area (Å²) in [4.78, 5) is 26.9. The summed E-state index contributed by atoms with van der Waals surface area (Å²) in [6.45, 7) is 6.11. The monoisotopic (exact) mass is 354 g/mol. The van der Waals surface area contributed by atoms with Crippen molar-refractivity contribution in [1.29, 1.82) is 0 Å². The van der Waals surface area contributed by atoms with Crippen molar-refractivity contribution >= 4 is 16.9 Å². The quantitative estimate of drug-likeness (QED) is 0.705. The van der Waals surface area contributed by atoms with E-state index >= 15 is 0 Å². The Morgan fingerprint density at radius 3 is 2.62 bits per heavy atom. The Kier molecular flexibility index (Phi) is 5.53. The Labute approximate surface area is 151 Å². The van der Waals surface area contributed by atoms with Crippen LogP contribution in [0.25, 0.3) is 11.0 Å². The van der Waals surface area contributed by atoms with Gasteiger partial charge in [-0.25, -0.2) is 0 Å². The Morgan fingerprint density at radius 1 is 1.15 bits per heavy atom. The molecule has 3 rings (SSSR count). The average Bonchev–Trinajstić information content (AvgIpc) is 3.19. The largest absolute Gasteiger partial charge is 0.468 e. The molecule has 0 aliphatic rings. The highest BCUT2D eigenvalue weighted by atomic mass is 16.3. The van der Waals surface area contributed by atoms with Gasteiger partial charge in [0.15, 0.2) is 11.2 Å². The third-order valence-corrected chi connectivity index (χ3v) is 4.44. The maximum atomic E-state index is 12.5. The lowest BCUT2D eigenvalue weighted by atomic mass is 10.1. The van der Waals surface area contributed by atoms with Gasteiger partial charge in [-0.1, -0.05) is 26.0 Å². The number of amides is 1. The lowest BCUT2D eigenvalue weighted by molar-refractivity contribution is 0.0902. The number of carbonyl (C=O) groups is 1. The molecule has 1 N–H and O–H groups in total. The number of nitrogens with one attached hydrogen (secondary N) is 1. The standard InChI is InChI=1S/C20H22N2O4/c1-3-22(4-2)15(18-10-7-11-25-18)13-21-20(24)19-12-16(23)14-8-5-6-9-17(14)26-19/h5-12,15H,3-4,13H2,1-2H3,(H,21,24). The zero-order valence-corrected chi connectivity index (χ0v) is 14.9. The number of hydrogen-bond donors (Lipinski definition) is 1. The number of para-hydroxylation sites is 1. The fourth-order valence-corrected chi connectivity index (χ4v) is 3.05. The molecular formula is C20H22N2O4. The molecule has 1 amide bonds. The minimum atomic E-state index is -0.420. The summed E-state index contributed by atoms with van der Waals surface area (Å²) in [5.74, 6) is 0.372. The number of rotatable bonds is 7. The van der Waals surface area contributed by atoms with Crippen molar-refractivity contribution in [1.82, 2.24) is 10.2 Å². The van der Waals surface area contributed by atoms with E-state index < -0.39 is 5.91 Å². The molecule has 2 heterocycles. The van der Waals surface area contributed by atoms with Crippen LogP contribution in [0.2, 0.25) is 0 Å². The van der Waals surface area contributed by atoms with Crippen LogP contribution in [0, 0.1) is 0 Å². The van der Waals surface area contributed by atoms with Gasteiger partial charge >= 0.3 is 0 Å². The molecule has 0 bridgehead atoms. The molecule has 136 valence electrons. The van der Waals surface area contributed by atoms with Crippen molar-refractivity contribution in [2.75, 3.05) is 19.6 Å². The SMILES string of the molecule is CCN(CC)C(CNC(=O)c1cc(=O)c2ccccc2o1)c1ccco1. The normalized spacial score (nSPS) is 12.4. The lowest BCUT2D eigenvalue weighted by Crippen LogP contribution is -2.38. The van der Waals surface area contributed by atoms with Crippen LogP contribution in [-0.2, 0) is 0 Å². The van der Waals surface area contributed by atoms with Crippen LogP contribution in [0.4, 0.5) is 0 Å². The van der Waals surface area contributed by atoms with E-state index in [-0.39, 0.29) is 17.2 Å². The van der Waals surface area contributed by atoms with Crippen molar-refractivity contribution in [2.24, 2.45) is 0 Å². The average molecular weight is 354 g/mol. The van der Waals surface area contributed by atoms with Gasteiger partial charge in [-0.15, -0.1) is 0 Å². The summed E-state index contributed by atoms with van der Waals surface area (Å²) in [5.41, 5.74) is 0.166. The molecule has 6 heteroatoms. The van der Waals surface area contributed by atoms with Crippen LogP contribution in [0.3, 0.4) is 0 Å². The molecule has 0 saturated carbocycles. The van der Waals surface area contributed by atoms with Crippen LogP contribution in [0.1, 0.15) is 36.2 Å². The number of fused-ring (bicyclic) bond motifs is 1. The predicted octanol–water partition coefficient (Wildman–Crippen LogP) is 3.20. The fourth-order valence-electron chi connectivity index (χ4n) is 3.05. The van der Waals surface area contributed by atoms with Gasteiger partial charge in [0.25, 0.3) is 5.91 Å². The Bertz CT molecular complexity index is 926. The minimum Gasteiger partial charge on any atom is -0.468 e. The van der Waals surface area contributed by atoms with Gasteiger partial charge < -0.3 is 14.2 Å². The molecule has 3 aromatic rings. The maximum absolute atomic E-state index is 12.5. The van der Waals surface area contributed by atoms with Gasteiger partial charge in [-0.3, -0.25) is 14.5 Å². The molecule has 0 fully saturated rings. The minimum absolute atomic E-state index is 0.00596. The fraction of sp³-hybridized carbons (Fsp3) is 0.300. The second-order valence-electron chi connectivity index (χ2n) is 5.93.